The third-order valence-corrected chi connectivity index (χ3v) is 2.79. The molecule has 1 N–H and O–H groups in total. The highest BCUT2D eigenvalue weighted by molar-refractivity contribution is 5.90. The number of anilines is 1. The van der Waals surface area contributed by atoms with Gasteiger partial charge in [0.05, 0.1) is 18.4 Å². The number of nitrogens with one attached hydrogen (secondary N) is 1. The zero-order valence-electron chi connectivity index (χ0n) is 11.1. The summed E-state index contributed by atoms with van der Waals surface area (Å²) in [5, 5.41) is 2.69. The van der Waals surface area contributed by atoms with Gasteiger partial charge in [0.1, 0.15) is 17.5 Å². The van der Waals surface area contributed by atoms with Crippen LogP contribution < -0.4 is 5.32 Å². The van der Waals surface area contributed by atoms with Crippen LogP contribution >= 0.6 is 0 Å². The Morgan fingerprint density at radius 2 is 1.76 bits per heavy atom. The van der Waals surface area contributed by atoms with E-state index in [-0.39, 0.29) is 17.8 Å². The molecule has 0 fully saturated rings. The molecule has 21 heavy (non-hydrogen) atoms. The summed E-state index contributed by atoms with van der Waals surface area (Å²) in [5.41, 5.74) is 0.532. The first-order valence-corrected chi connectivity index (χ1v) is 6.06. The van der Waals surface area contributed by atoms with Gasteiger partial charge in [-0.2, -0.15) is 0 Å². The topological polar surface area (TPSA) is 38.3 Å². The second-order valence-electron chi connectivity index (χ2n) is 4.32. The van der Waals surface area contributed by atoms with Crippen LogP contribution in [0, 0.1) is 17.5 Å². The largest absolute Gasteiger partial charge is 0.465 e. The zero-order valence-corrected chi connectivity index (χ0v) is 11.1. The number of rotatable bonds is 4. The minimum absolute atomic E-state index is 0.0101. The molecule has 0 aromatic heterocycles. The van der Waals surface area contributed by atoms with Gasteiger partial charge in [0.25, 0.3) is 0 Å². The third-order valence-electron chi connectivity index (χ3n) is 2.79. The van der Waals surface area contributed by atoms with E-state index < -0.39 is 23.4 Å². The summed E-state index contributed by atoms with van der Waals surface area (Å²) in [7, 11) is 1.22. The van der Waals surface area contributed by atoms with E-state index in [9.17, 15) is 18.0 Å². The number of carbonyl (C=O) groups excluding carboxylic acids is 1. The van der Waals surface area contributed by atoms with Gasteiger partial charge in [0.15, 0.2) is 0 Å². The van der Waals surface area contributed by atoms with Crippen LogP contribution in [0.2, 0.25) is 0 Å². The summed E-state index contributed by atoms with van der Waals surface area (Å²) in [6.07, 6.45) is 0. The molecule has 0 bridgehead atoms. The lowest BCUT2D eigenvalue weighted by Crippen LogP contribution is -2.06. The Morgan fingerprint density at radius 1 is 1.10 bits per heavy atom. The van der Waals surface area contributed by atoms with Crippen LogP contribution in [0.1, 0.15) is 15.9 Å². The fourth-order valence-electron chi connectivity index (χ4n) is 1.82. The summed E-state index contributed by atoms with van der Waals surface area (Å²) in [6.45, 7) is 0.0101. The molecule has 2 aromatic carbocycles. The Balaban J connectivity index is 2.17. The van der Waals surface area contributed by atoms with Crippen molar-refractivity contribution in [1.29, 1.82) is 0 Å². The molecule has 0 amide bonds. The first-order valence-electron chi connectivity index (χ1n) is 6.06. The molecule has 0 atom stereocenters. The van der Waals surface area contributed by atoms with E-state index in [1.54, 1.807) is 0 Å². The molecule has 110 valence electrons. The fourth-order valence-corrected chi connectivity index (χ4v) is 1.82. The Hall–Kier alpha value is -2.50. The third kappa shape index (κ3) is 3.75. The molecule has 0 unspecified atom stereocenters. The van der Waals surface area contributed by atoms with E-state index in [0.29, 0.717) is 5.56 Å². The molecule has 0 aliphatic carbocycles. The number of halogens is 3. The summed E-state index contributed by atoms with van der Waals surface area (Å²) in [4.78, 5) is 11.4. The second-order valence-corrected chi connectivity index (χ2v) is 4.32. The molecule has 2 rings (SSSR count). The maximum atomic E-state index is 13.6. The van der Waals surface area contributed by atoms with Gasteiger partial charge in [-0.05, 0) is 35.9 Å². The maximum absolute atomic E-state index is 13.6. The zero-order chi connectivity index (χ0) is 15.4. The van der Waals surface area contributed by atoms with Crippen LogP contribution in [0.15, 0.2) is 36.4 Å². The molecule has 0 aliphatic rings. The van der Waals surface area contributed by atoms with E-state index in [0.717, 1.165) is 24.3 Å². The average molecular weight is 295 g/mol. The molecule has 0 aliphatic heterocycles. The average Bonchev–Trinajstić information content (AvgIpc) is 2.44. The van der Waals surface area contributed by atoms with E-state index in [4.69, 9.17) is 0 Å². The molecule has 6 heteroatoms. The van der Waals surface area contributed by atoms with Gasteiger partial charge in [-0.3, -0.25) is 0 Å². The summed E-state index contributed by atoms with van der Waals surface area (Å²) >= 11 is 0. The van der Waals surface area contributed by atoms with Gasteiger partial charge in [-0.15, -0.1) is 0 Å². The van der Waals surface area contributed by atoms with Crippen LogP contribution in [-0.2, 0) is 11.3 Å². The number of ether oxygens (including phenoxy) is 1. The van der Waals surface area contributed by atoms with E-state index in [2.05, 4.69) is 10.1 Å². The van der Waals surface area contributed by atoms with Crippen molar-refractivity contribution in [2.24, 2.45) is 0 Å². The van der Waals surface area contributed by atoms with Gasteiger partial charge in [-0.1, -0.05) is 0 Å². The predicted molar refractivity (Wildman–Crippen MR) is 71.4 cm³/mol. The monoisotopic (exact) mass is 295 g/mol. The number of carbonyl (C=O) groups is 1. The Morgan fingerprint density at radius 3 is 2.38 bits per heavy atom. The smallest absolute Gasteiger partial charge is 0.337 e. The minimum Gasteiger partial charge on any atom is -0.465 e. The van der Waals surface area contributed by atoms with Crippen LogP contribution in [0.5, 0.6) is 0 Å². The quantitative estimate of drug-likeness (QED) is 0.877. The highest BCUT2D eigenvalue weighted by atomic mass is 19.1. The van der Waals surface area contributed by atoms with E-state index in [1.165, 1.54) is 19.2 Å². The highest BCUT2D eigenvalue weighted by Gasteiger charge is 2.10. The Bertz CT molecular complexity index is 654. The summed E-state index contributed by atoms with van der Waals surface area (Å²) in [6, 6.07) is 6.70. The van der Waals surface area contributed by atoms with Crippen molar-refractivity contribution < 1.29 is 22.7 Å². The van der Waals surface area contributed by atoms with Crippen molar-refractivity contribution in [1.82, 2.24) is 0 Å². The molecular weight excluding hydrogens is 283 g/mol. The van der Waals surface area contributed by atoms with Crippen LogP contribution in [0.3, 0.4) is 0 Å². The Labute approximate surface area is 119 Å². The lowest BCUT2D eigenvalue weighted by atomic mass is 10.1. The lowest BCUT2D eigenvalue weighted by Gasteiger charge is -2.09. The van der Waals surface area contributed by atoms with Crippen molar-refractivity contribution in [3.8, 4) is 0 Å². The summed E-state index contributed by atoms with van der Waals surface area (Å²) in [5.74, 6) is -2.61. The van der Waals surface area contributed by atoms with Crippen molar-refractivity contribution in [2.75, 3.05) is 12.4 Å². The number of methoxy groups -OCH3 is 1. The first kappa shape index (κ1) is 14.9. The normalized spacial score (nSPS) is 10.3. The van der Waals surface area contributed by atoms with E-state index >= 15 is 0 Å². The molecule has 3 nitrogen and oxygen atoms in total. The lowest BCUT2D eigenvalue weighted by molar-refractivity contribution is 0.0600. The number of esters is 1. The second kappa shape index (κ2) is 6.30. The first-order chi connectivity index (χ1) is 9.99. The van der Waals surface area contributed by atoms with Crippen LogP contribution in [0.4, 0.5) is 18.9 Å². The number of benzene rings is 2. The van der Waals surface area contributed by atoms with Gasteiger partial charge in [0.2, 0.25) is 0 Å². The molecule has 0 spiro atoms. The number of hydrogen-bond donors (Lipinski definition) is 1. The van der Waals surface area contributed by atoms with Crippen molar-refractivity contribution >= 4 is 11.7 Å². The van der Waals surface area contributed by atoms with Crippen molar-refractivity contribution in [2.45, 2.75) is 6.54 Å². The number of hydrogen-bond acceptors (Lipinski definition) is 3. The van der Waals surface area contributed by atoms with Crippen molar-refractivity contribution in [3.05, 3.63) is 65.0 Å². The van der Waals surface area contributed by atoms with Gasteiger partial charge >= 0.3 is 5.97 Å². The molecular formula is C15H12F3NO2. The van der Waals surface area contributed by atoms with Crippen molar-refractivity contribution in [3.63, 3.8) is 0 Å². The van der Waals surface area contributed by atoms with Gasteiger partial charge < -0.3 is 10.1 Å². The molecule has 0 saturated heterocycles. The fraction of sp³-hybridized carbons (Fsp3) is 0.133. The molecule has 2 aromatic rings. The van der Waals surface area contributed by atoms with Gasteiger partial charge in [0, 0.05) is 12.6 Å². The molecule has 0 radical (unpaired) electrons. The predicted octanol–water partition coefficient (Wildman–Crippen LogP) is 3.50. The van der Waals surface area contributed by atoms with Gasteiger partial charge in [-0.25, -0.2) is 18.0 Å². The van der Waals surface area contributed by atoms with Crippen LogP contribution in [0.25, 0.3) is 0 Å². The standard InChI is InChI=1S/C15H12F3NO2/c1-21-15(20)10-2-3-13(18)14(6-10)19-8-9-4-11(16)7-12(17)5-9/h2-7,19H,8H2,1H3. The SMILES string of the molecule is COC(=O)c1ccc(F)c(NCc2cc(F)cc(F)c2)c1. The summed E-state index contributed by atoms with van der Waals surface area (Å²) < 4.78 is 44.3. The molecule has 0 heterocycles. The maximum Gasteiger partial charge on any atom is 0.337 e. The Kier molecular flexibility index (Phi) is 4.47. The molecule has 0 saturated carbocycles. The minimum atomic E-state index is -0.712. The van der Waals surface area contributed by atoms with Crippen LogP contribution in [-0.4, -0.2) is 13.1 Å². The highest BCUT2D eigenvalue weighted by Crippen LogP contribution is 2.18. The van der Waals surface area contributed by atoms with E-state index in [1.807, 2.05) is 0 Å².